The van der Waals surface area contributed by atoms with Crippen LogP contribution in [-0.2, 0) is 0 Å². The van der Waals surface area contributed by atoms with Crippen LogP contribution >= 0.6 is 22.6 Å². The normalized spacial score (nSPS) is 9.58. The first kappa shape index (κ1) is 9.40. The zero-order valence-electron chi connectivity index (χ0n) is 5.97. The van der Waals surface area contributed by atoms with Crippen molar-refractivity contribution in [3.05, 3.63) is 33.1 Å². The minimum atomic E-state index is -0.621. The van der Waals surface area contributed by atoms with Crippen molar-refractivity contribution in [2.24, 2.45) is 5.84 Å². The average Bonchev–Trinajstić information content (AvgIpc) is 2.03. The first-order valence-electron chi connectivity index (χ1n) is 3.11. The summed E-state index contributed by atoms with van der Waals surface area (Å²) in [7, 11) is 0. The fourth-order valence-corrected chi connectivity index (χ4v) is 1.20. The number of carbonyl (C=O) groups excluding carboxylic acids is 1. The van der Waals surface area contributed by atoms with Crippen LogP contribution in [0.5, 0.6) is 0 Å². The maximum absolute atomic E-state index is 13.0. The Hall–Kier alpha value is -0.690. The summed E-state index contributed by atoms with van der Waals surface area (Å²) in [4.78, 5) is 10.9. The second-order valence-corrected chi connectivity index (χ2v) is 3.34. The van der Waals surface area contributed by atoms with Crippen LogP contribution in [0.1, 0.15) is 10.4 Å². The standard InChI is InChI=1S/C7H6FIN2O/c8-6-3-4(9)1-2-5(6)7(12)11-10/h1-3H,10H2,(H,11,12). The molecule has 1 rings (SSSR count). The lowest BCUT2D eigenvalue weighted by atomic mass is 10.2. The van der Waals surface area contributed by atoms with E-state index in [0.717, 1.165) is 3.57 Å². The van der Waals surface area contributed by atoms with Gasteiger partial charge in [-0.15, -0.1) is 0 Å². The molecule has 1 aromatic rings. The van der Waals surface area contributed by atoms with Crippen LogP contribution < -0.4 is 11.3 Å². The third kappa shape index (κ3) is 1.92. The van der Waals surface area contributed by atoms with Gasteiger partial charge in [0.2, 0.25) is 0 Å². The Morgan fingerprint density at radius 1 is 1.58 bits per heavy atom. The summed E-state index contributed by atoms with van der Waals surface area (Å²) in [6.45, 7) is 0. The molecule has 1 aromatic carbocycles. The molecule has 0 radical (unpaired) electrons. The molecule has 0 fully saturated rings. The molecule has 0 aliphatic heterocycles. The van der Waals surface area contributed by atoms with Gasteiger partial charge in [-0.2, -0.15) is 0 Å². The van der Waals surface area contributed by atoms with Gasteiger partial charge in [0.05, 0.1) is 5.56 Å². The molecule has 1 amide bonds. The van der Waals surface area contributed by atoms with Crippen LogP contribution in [0.4, 0.5) is 4.39 Å². The third-order valence-corrected chi connectivity index (χ3v) is 1.98. The average molecular weight is 280 g/mol. The second kappa shape index (κ2) is 3.81. The predicted octanol–water partition coefficient (Wildman–Crippen LogP) is 1.03. The van der Waals surface area contributed by atoms with Gasteiger partial charge in [-0.3, -0.25) is 10.2 Å². The van der Waals surface area contributed by atoms with Gasteiger partial charge in [-0.05, 0) is 40.8 Å². The zero-order valence-corrected chi connectivity index (χ0v) is 8.13. The van der Waals surface area contributed by atoms with Crippen molar-refractivity contribution in [1.82, 2.24) is 5.43 Å². The largest absolute Gasteiger partial charge is 0.290 e. The monoisotopic (exact) mass is 280 g/mol. The van der Waals surface area contributed by atoms with Gasteiger partial charge in [-0.25, -0.2) is 10.2 Å². The Kier molecular flexibility index (Phi) is 2.99. The quantitative estimate of drug-likeness (QED) is 0.349. The van der Waals surface area contributed by atoms with Gasteiger partial charge >= 0.3 is 0 Å². The van der Waals surface area contributed by atoms with Crippen LogP contribution in [0.3, 0.4) is 0 Å². The van der Waals surface area contributed by atoms with E-state index in [0.29, 0.717) is 0 Å². The van der Waals surface area contributed by atoms with Crippen molar-refractivity contribution in [1.29, 1.82) is 0 Å². The highest BCUT2D eigenvalue weighted by atomic mass is 127. The highest BCUT2D eigenvalue weighted by Crippen LogP contribution is 2.11. The van der Waals surface area contributed by atoms with Gasteiger partial charge in [0.15, 0.2) is 0 Å². The van der Waals surface area contributed by atoms with E-state index >= 15 is 0 Å². The van der Waals surface area contributed by atoms with Crippen molar-refractivity contribution in [2.75, 3.05) is 0 Å². The van der Waals surface area contributed by atoms with Gasteiger partial charge in [0, 0.05) is 3.57 Å². The molecule has 64 valence electrons. The summed E-state index contributed by atoms with van der Waals surface area (Å²) in [6.07, 6.45) is 0. The number of rotatable bonds is 1. The van der Waals surface area contributed by atoms with E-state index in [4.69, 9.17) is 5.84 Å². The lowest BCUT2D eigenvalue weighted by Gasteiger charge is -2.00. The molecule has 0 saturated carbocycles. The Balaban J connectivity index is 3.09. The van der Waals surface area contributed by atoms with E-state index in [1.165, 1.54) is 12.1 Å². The maximum Gasteiger partial charge on any atom is 0.268 e. The number of benzene rings is 1. The van der Waals surface area contributed by atoms with Crippen LogP contribution in [0.15, 0.2) is 18.2 Å². The third-order valence-electron chi connectivity index (χ3n) is 1.31. The maximum atomic E-state index is 13.0. The molecule has 0 saturated heterocycles. The predicted molar refractivity (Wildman–Crippen MR) is 50.8 cm³/mol. The van der Waals surface area contributed by atoms with Gasteiger partial charge < -0.3 is 0 Å². The number of nitrogens with two attached hydrogens (primary N) is 1. The van der Waals surface area contributed by atoms with E-state index in [2.05, 4.69) is 0 Å². The molecule has 0 heterocycles. The van der Waals surface area contributed by atoms with E-state index in [9.17, 15) is 9.18 Å². The summed E-state index contributed by atoms with van der Waals surface area (Å²) < 4.78 is 13.7. The molecule has 5 heteroatoms. The fourth-order valence-electron chi connectivity index (χ4n) is 0.751. The number of nitrogens with one attached hydrogen (secondary N) is 1. The van der Waals surface area contributed by atoms with Crippen LogP contribution in [-0.4, -0.2) is 5.91 Å². The second-order valence-electron chi connectivity index (χ2n) is 2.10. The van der Waals surface area contributed by atoms with Crippen molar-refractivity contribution in [3.8, 4) is 0 Å². The van der Waals surface area contributed by atoms with Crippen molar-refractivity contribution >= 4 is 28.5 Å². The number of hydrazine groups is 1. The Morgan fingerprint density at radius 3 is 2.75 bits per heavy atom. The molecule has 0 bridgehead atoms. The molecule has 0 aliphatic rings. The van der Waals surface area contributed by atoms with Crippen LogP contribution in [0.25, 0.3) is 0 Å². The molecule has 12 heavy (non-hydrogen) atoms. The molecule has 0 spiro atoms. The van der Waals surface area contributed by atoms with Crippen LogP contribution in [0, 0.1) is 9.39 Å². The summed E-state index contributed by atoms with van der Waals surface area (Å²) in [5.74, 6) is 3.66. The van der Waals surface area contributed by atoms with E-state index in [1.807, 2.05) is 28.0 Å². The van der Waals surface area contributed by atoms with Gasteiger partial charge in [0.1, 0.15) is 5.82 Å². The number of carbonyl (C=O) groups is 1. The van der Waals surface area contributed by atoms with Gasteiger partial charge in [-0.1, -0.05) is 0 Å². The highest BCUT2D eigenvalue weighted by molar-refractivity contribution is 14.1. The summed E-state index contributed by atoms with van der Waals surface area (Å²) >= 11 is 1.95. The van der Waals surface area contributed by atoms with E-state index < -0.39 is 11.7 Å². The Morgan fingerprint density at radius 2 is 2.25 bits per heavy atom. The molecular formula is C7H6FIN2O. The fraction of sp³-hybridized carbons (Fsp3) is 0. The first-order chi connectivity index (χ1) is 5.65. The molecule has 0 atom stereocenters. The van der Waals surface area contributed by atoms with Crippen molar-refractivity contribution < 1.29 is 9.18 Å². The zero-order chi connectivity index (χ0) is 9.14. The molecule has 0 aliphatic carbocycles. The molecule has 3 nitrogen and oxygen atoms in total. The Labute approximate surface area is 82.2 Å². The SMILES string of the molecule is NNC(=O)c1ccc(I)cc1F. The van der Waals surface area contributed by atoms with E-state index in [-0.39, 0.29) is 5.56 Å². The molecule has 3 N–H and O–H groups in total. The van der Waals surface area contributed by atoms with Gasteiger partial charge in [0.25, 0.3) is 5.91 Å². The van der Waals surface area contributed by atoms with Crippen molar-refractivity contribution in [3.63, 3.8) is 0 Å². The first-order valence-corrected chi connectivity index (χ1v) is 4.19. The Bertz CT molecular complexity index is 316. The molecule has 0 unspecified atom stereocenters. The smallest absolute Gasteiger partial charge is 0.268 e. The highest BCUT2D eigenvalue weighted by Gasteiger charge is 2.09. The number of nitrogen functional groups attached to an aromatic ring is 1. The molecule has 0 aromatic heterocycles. The topological polar surface area (TPSA) is 55.1 Å². The summed E-state index contributed by atoms with van der Waals surface area (Å²) in [6, 6.07) is 4.29. The number of hydrogen-bond donors (Lipinski definition) is 2. The number of amides is 1. The van der Waals surface area contributed by atoms with E-state index in [1.54, 1.807) is 6.07 Å². The van der Waals surface area contributed by atoms with Crippen LogP contribution in [0.2, 0.25) is 0 Å². The summed E-state index contributed by atoms with van der Waals surface area (Å²) in [5, 5.41) is 0. The molecular weight excluding hydrogens is 274 g/mol. The number of hydrogen-bond acceptors (Lipinski definition) is 2. The van der Waals surface area contributed by atoms with Crippen molar-refractivity contribution in [2.45, 2.75) is 0 Å². The summed E-state index contributed by atoms with van der Waals surface area (Å²) in [5.41, 5.74) is 1.82. The number of halogens is 2. The lowest BCUT2D eigenvalue weighted by Crippen LogP contribution is -2.30. The lowest BCUT2D eigenvalue weighted by molar-refractivity contribution is 0.0949. The minimum absolute atomic E-state index is 0.0436. The minimum Gasteiger partial charge on any atom is -0.290 e.